The first-order valence-corrected chi connectivity index (χ1v) is 7.64. The monoisotopic (exact) mass is 339 g/mol. The summed E-state index contributed by atoms with van der Waals surface area (Å²) in [5, 5.41) is 12.3. The van der Waals surface area contributed by atoms with Crippen molar-refractivity contribution in [2.75, 3.05) is 26.1 Å². The van der Waals surface area contributed by atoms with Gasteiger partial charge in [0.2, 0.25) is 11.6 Å². The Hall–Kier alpha value is -3.40. The number of hydrogen-bond donors (Lipinski definition) is 1. The fourth-order valence-electron chi connectivity index (χ4n) is 2.38. The molecule has 0 aliphatic rings. The number of nitrogens with one attached hydrogen (secondary N) is 1. The fraction of sp³-hybridized carbons (Fsp3) is 0.222. The Morgan fingerprint density at radius 1 is 1.20 bits per heavy atom. The number of nitrogens with zero attached hydrogens (tertiary/aromatic N) is 2. The molecule has 0 radical (unpaired) electrons. The van der Waals surface area contributed by atoms with Gasteiger partial charge in [0.25, 0.3) is 5.89 Å². The van der Waals surface area contributed by atoms with Gasteiger partial charge in [-0.25, -0.2) is 0 Å². The molecule has 0 amide bonds. The molecule has 0 aliphatic carbocycles. The number of methoxy groups -OCH3 is 2. The second-order valence-corrected chi connectivity index (χ2v) is 5.15. The van der Waals surface area contributed by atoms with E-state index in [2.05, 4.69) is 10.3 Å². The maximum atomic E-state index is 9.20. The minimum absolute atomic E-state index is 0.193. The highest BCUT2D eigenvalue weighted by atomic mass is 16.5. The van der Waals surface area contributed by atoms with E-state index in [1.54, 1.807) is 26.4 Å². The second-order valence-electron chi connectivity index (χ2n) is 5.15. The Kier molecular flexibility index (Phi) is 4.90. The number of furan rings is 1. The number of hydrogen-bond acceptors (Lipinski definition) is 7. The van der Waals surface area contributed by atoms with E-state index in [0.29, 0.717) is 36.1 Å². The predicted octanol–water partition coefficient (Wildman–Crippen LogP) is 3.48. The lowest BCUT2D eigenvalue weighted by Crippen LogP contribution is -2.05. The molecule has 0 unspecified atom stereocenters. The molecule has 2 heterocycles. The molecule has 0 saturated carbocycles. The largest absolute Gasteiger partial charge is 0.493 e. The number of oxazole rings is 1. The van der Waals surface area contributed by atoms with Gasteiger partial charge in [0, 0.05) is 6.54 Å². The topological polar surface area (TPSA) is 93.5 Å². The standard InChI is InChI=1S/C18H17N3O4/c1-22-14-6-5-12(10-16(14)23-2)7-8-20-17-13(11-19)21-18(25-17)15-4-3-9-24-15/h3-6,9-10,20H,7-8H2,1-2H3. The average Bonchev–Trinajstić information content (AvgIpc) is 3.31. The summed E-state index contributed by atoms with van der Waals surface area (Å²) in [7, 11) is 3.20. The number of nitriles is 1. The van der Waals surface area contributed by atoms with Gasteiger partial charge >= 0.3 is 0 Å². The number of rotatable bonds is 7. The van der Waals surface area contributed by atoms with E-state index < -0.39 is 0 Å². The predicted molar refractivity (Wildman–Crippen MR) is 90.7 cm³/mol. The Morgan fingerprint density at radius 2 is 2.04 bits per heavy atom. The van der Waals surface area contributed by atoms with Gasteiger partial charge in [-0.2, -0.15) is 10.2 Å². The molecule has 0 aliphatic heterocycles. The van der Waals surface area contributed by atoms with E-state index >= 15 is 0 Å². The molecule has 2 aromatic heterocycles. The van der Waals surface area contributed by atoms with Crippen LogP contribution in [0.3, 0.4) is 0 Å². The van der Waals surface area contributed by atoms with Crippen molar-refractivity contribution in [1.29, 1.82) is 5.26 Å². The van der Waals surface area contributed by atoms with Crippen molar-refractivity contribution in [3.05, 3.63) is 47.9 Å². The van der Waals surface area contributed by atoms with Crippen molar-refractivity contribution < 1.29 is 18.3 Å². The molecule has 1 aromatic carbocycles. The van der Waals surface area contributed by atoms with Crippen LogP contribution in [0.1, 0.15) is 11.3 Å². The summed E-state index contributed by atoms with van der Waals surface area (Å²) in [6.45, 7) is 0.566. The van der Waals surface area contributed by atoms with Gasteiger partial charge in [0.1, 0.15) is 6.07 Å². The fourth-order valence-corrected chi connectivity index (χ4v) is 2.38. The van der Waals surface area contributed by atoms with E-state index in [9.17, 15) is 5.26 Å². The van der Waals surface area contributed by atoms with E-state index in [1.165, 1.54) is 6.26 Å². The molecule has 3 rings (SSSR count). The highest BCUT2D eigenvalue weighted by Gasteiger charge is 2.16. The first-order chi connectivity index (χ1) is 12.2. The highest BCUT2D eigenvalue weighted by Crippen LogP contribution is 2.28. The molecule has 7 nitrogen and oxygen atoms in total. The zero-order valence-electron chi connectivity index (χ0n) is 13.9. The van der Waals surface area contributed by atoms with Crippen LogP contribution in [0, 0.1) is 11.3 Å². The Balaban J connectivity index is 1.67. The molecule has 3 aromatic rings. The molecule has 7 heteroatoms. The van der Waals surface area contributed by atoms with Crippen molar-refractivity contribution in [3.63, 3.8) is 0 Å². The number of benzene rings is 1. The number of ether oxygens (including phenoxy) is 2. The number of anilines is 1. The van der Waals surface area contributed by atoms with Gasteiger partial charge in [-0.15, -0.1) is 0 Å². The summed E-state index contributed by atoms with van der Waals surface area (Å²) in [5.74, 6) is 2.44. The summed E-state index contributed by atoms with van der Waals surface area (Å²) in [5.41, 5.74) is 1.26. The number of aromatic nitrogens is 1. The molecule has 0 saturated heterocycles. The molecule has 0 fully saturated rings. The first kappa shape index (κ1) is 16.5. The van der Waals surface area contributed by atoms with Gasteiger partial charge in [-0.05, 0) is 36.2 Å². The van der Waals surface area contributed by atoms with Gasteiger partial charge in [-0.3, -0.25) is 0 Å². The van der Waals surface area contributed by atoms with Crippen molar-refractivity contribution in [2.45, 2.75) is 6.42 Å². The first-order valence-electron chi connectivity index (χ1n) is 7.64. The minimum Gasteiger partial charge on any atom is -0.493 e. The Labute approximate surface area is 144 Å². The van der Waals surface area contributed by atoms with Crippen LogP contribution in [-0.2, 0) is 6.42 Å². The molecule has 128 valence electrons. The summed E-state index contributed by atoms with van der Waals surface area (Å²) in [6, 6.07) is 11.2. The highest BCUT2D eigenvalue weighted by molar-refractivity contribution is 5.54. The van der Waals surface area contributed by atoms with E-state index in [4.69, 9.17) is 18.3 Å². The maximum Gasteiger partial charge on any atom is 0.266 e. The average molecular weight is 339 g/mol. The van der Waals surface area contributed by atoms with Crippen molar-refractivity contribution >= 4 is 5.88 Å². The quantitative estimate of drug-likeness (QED) is 0.704. The zero-order chi connectivity index (χ0) is 17.6. The van der Waals surface area contributed by atoms with Crippen molar-refractivity contribution in [1.82, 2.24) is 4.98 Å². The van der Waals surface area contributed by atoms with Gasteiger partial charge in [0.05, 0.1) is 20.5 Å². The molecular formula is C18H17N3O4. The van der Waals surface area contributed by atoms with E-state index in [0.717, 1.165) is 5.56 Å². The lowest BCUT2D eigenvalue weighted by Gasteiger charge is -2.09. The van der Waals surface area contributed by atoms with Crippen LogP contribution < -0.4 is 14.8 Å². The maximum absolute atomic E-state index is 9.20. The summed E-state index contributed by atoms with van der Waals surface area (Å²) in [6.07, 6.45) is 2.23. The van der Waals surface area contributed by atoms with Gasteiger partial charge in [-0.1, -0.05) is 6.07 Å². The lowest BCUT2D eigenvalue weighted by atomic mass is 10.1. The minimum atomic E-state index is 0.193. The third-order valence-electron chi connectivity index (χ3n) is 3.61. The van der Waals surface area contributed by atoms with Crippen LogP contribution >= 0.6 is 0 Å². The third kappa shape index (κ3) is 3.58. The van der Waals surface area contributed by atoms with Crippen LogP contribution in [0.2, 0.25) is 0 Å². The summed E-state index contributed by atoms with van der Waals surface area (Å²) in [4.78, 5) is 4.13. The molecule has 0 atom stereocenters. The molecule has 1 N–H and O–H groups in total. The van der Waals surface area contributed by atoms with E-state index in [-0.39, 0.29) is 11.6 Å². The summed E-state index contributed by atoms with van der Waals surface area (Å²) >= 11 is 0. The van der Waals surface area contributed by atoms with E-state index in [1.807, 2.05) is 24.3 Å². The summed E-state index contributed by atoms with van der Waals surface area (Å²) < 4.78 is 21.3. The lowest BCUT2D eigenvalue weighted by molar-refractivity contribution is 0.354. The van der Waals surface area contributed by atoms with Crippen LogP contribution in [0.25, 0.3) is 11.7 Å². The van der Waals surface area contributed by atoms with Gasteiger partial charge in [0.15, 0.2) is 17.3 Å². The second kappa shape index (κ2) is 7.45. The van der Waals surface area contributed by atoms with Crippen LogP contribution in [0.4, 0.5) is 5.88 Å². The van der Waals surface area contributed by atoms with Crippen LogP contribution in [-0.4, -0.2) is 25.7 Å². The van der Waals surface area contributed by atoms with Crippen LogP contribution in [0.5, 0.6) is 11.5 Å². The Morgan fingerprint density at radius 3 is 2.72 bits per heavy atom. The normalized spacial score (nSPS) is 10.3. The molecule has 25 heavy (non-hydrogen) atoms. The SMILES string of the molecule is COc1ccc(CCNc2oc(-c3ccco3)nc2C#N)cc1OC. The Bertz CT molecular complexity index is 878. The molecule has 0 spiro atoms. The smallest absolute Gasteiger partial charge is 0.266 e. The molecule has 0 bridgehead atoms. The third-order valence-corrected chi connectivity index (χ3v) is 3.61. The molecular weight excluding hydrogens is 322 g/mol. The van der Waals surface area contributed by atoms with Gasteiger partial charge < -0.3 is 23.6 Å². The van der Waals surface area contributed by atoms with Crippen LogP contribution in [0.15, 0.2) is 45.4 Å². The van der Waals surface area contributed by atoms with Crippen molar-refractivity contribution in [3.8, 4) is 29.2 Å². The van der Waals surface area contributed by atoms with Crippen molar-refractivity contribution in [2.24, 2.45) is 0 Å². The zero-order valence-corrected chi connectivity index (χ0v) is 13.9.